The number of pyridine rings is 1. The van der Waals surface area contributed by atoms with Gasteiger partial charge in [-0.3, -0.25) is 4.98 Å². The lowest BCUT2D eigenvalue weighted by molar-refractivity contribution is 0.660. The SMILES string of the molecule is C=C1/C=C\C=C/CN(c2ccccc2)c2ccc(-c3ccc(N(c4ccc(-c5cccnc5)cc4)c4ccc5c(c4)C(C)(C)c4ccccc4-5)cc3)cc21. The Kier molecular flexibility index (Phi) is 8.40. The molecular formula is C51H41N3. The molecule has 0 saturated heterocycles. The number of hydrogen-bond donors (Lipinski definition) is 0. The van der Waals surface area contributed by atoms with Crippen LogP contribution in [0.25, 0.3) is 39.0 Å². The third-order valence-corrected chi connectivity index (χ3v) is 10.9. The molecule has 0 atom stereocenters. The molecule has 260 valence electrons. The van der Waals surface area contributed by atoms with Gasteiger partial charge in [0.25, 0.3) is 0 Å². The van der Waals surface area contributed by atoms with Crippen molar-refractivity contribution in [2.45, 2.75) is 19.3 Å². The number of nitrogens with zero attached hydrogens (tertiary/aromatic N) is 3. The molecule has 0 fully saturated rings. The second kappa shape index (κ2) is 13.7. The highest BCUT2D eigenvalue weighted by atomic mass is 15.1. The highest BCUT2D eigenvalue weighted by molar-refractivity contribution is 5.89. The fraction of sp³-hybridized carbons (Fsp3) is 0.0784. The van der Waals surface area contributed by atoms with E-state index >= 15 is 0 Å². The van der Waals surface area contributed by atoms with Crippen LogP contribution in [0, 0.1) is 0 Å². The second-order valence-electron chi connectivity index (χ2n) is 14.6. The van der Waals surface area contributed by atoms with E-state index in [0.717, 1.165) is 68.4 Å². The topological polar surface area (TPSA) is 19.4 Å². The van der Waals surface area contributed by atoms with Gasteiger partial charge < -0.3 is 9.80 Å². The molecule has 2 heterocycles. The van der Waals surface area contributed by atoms with E-state index in [4.69, 9.17) is 0 Å². The summed E-state index contributed by atoms with van der Waals surface area (Å²) in [5.41, 5.74) is 17.5. The quantitative estimate of drug-likeness (QED) is 0.173. The Morgan fingerprint density at radius 1 is 0.574 bits per heavy atom. The predicted molar refractivity (Wildman–Crippen MR) is 228 cm³/mol. The molecule has 0 amide bonds. The standard InChI is InChI=1S/C51H41N3/c1-36-13-6-5-11-32-53(41-15-7-4-8-16-41)50-30-23-39(33-47(36)50)37-19-24-42(25-20-37)54(43-26-21-38(22-27-43)40-14-12-31-52-35-40)44-28-29-46-45-17-9-10-18-48(45)51(2,3)49(46)34-44/h4-31,33-35H,1,32H2,2-3H3/b11-5-,13-6-. The largest absolute Gasteiger partial charge is 0.337 e. The average Bonchev–Trinajstić information content (AvgIpc) is 3.49. The Bertz CT molecular complexity index is 2540. The lowest BCUT2D eigenvalue weighted by atomic mass is 9.82. The first-order valence-corrected chi connectivity index (χ1v) is 18.6. The van der Waals surface area contributed by atoms with Gasteiger partial charge in [-0.25, -0.2) is 0 Å². The van der Waals surface area contributed by atoms with Gasteiger partial charge in [0.1, 0.15) is 0 Å². The van der Waals surface area contributed by atoms with Crippen LogP contribution in [-0.4, -0.2) is 11.5 Å². The Labute approximate surface area is 318 Å². The summed E-state index contributed by atoms with van der Waals surface area (Å²) < 4.78 is 0. The minimum atomic E-state index is -0.101. The summed E-state index contributed by atoms with van der Waals surface area (Å²) >= 11 is 0. The zero-order valence-electron chi connectivity index (χ0n) is 30.7. The summed E-state index contributed by atoms with van der Waals surface area (Å²) in [5, 5.41) is 0. The normalized spacial score (nSPS) is 15.2. The molecule has 1 aromatic heterocycles. The maximum absolute atomic E-state index is 4.48. The lowest BCUT2D eigenvalue weighted by Crippen LogP contribution is -2.18. The Hall–Kier alpha value is -6.71. The molecule has 9 rings (SSSR count). The molecule has 0 saturated carbocycles. The van der Waals surface area contributed by atoms with Crippen LogP contribution in [0.4, 0.5) is 28.4 Å². The van der Waals surface area contributed by atoms with Crippen molar-refractivity contribution in [1.29, 1.82) is 0 Å². The number of para-hydroxylation sites is 1. The first-order chi connectivity index (χ1) is 26.5. The second-order valence-corrected chi connectivity index (χ2v) is 14.6. The minimum Gasteiger partial charge on any atom is -0.337 e. The van der Waals surface area contributed by atoms with Crippen molar-refractivity contribution in [3.05, 3.63) is 212 Å². The Balaban J connectivity index is 1.11. The van der Waals surface area contributed by atoms with Crippen molar-refractivity contribution < 1.29 is 0 Å². The molecule has 7 aromatic rings. The fourth-order valence-electron chi connectivity index (χ4n) is 8.08. The molecule has 3 heteroatoms. The molecule has 0 N–H and O–H groups in total. The number of aromatic nitrogens is 1. The number of anilines is 5. The Morgan fingerprint density at radius 2 is 1.24 bits per heavy atom. The first kappa shape index (κ1) is 33.1. The number of rotatable bonds is 6. The third kappa shape index (κ3) is 5.94. The van der Waals surface area contributed by atoms with Gasteiger partial charge in [-0.15, -0.1) is 0 Å². The predicted octanol–water partition coefficient (Wildman–Crippen LogP) is 13.5. The van der Waals surface area contributed by atoms with Gasteiger partial charge in [-0.2, -0.15) is 0 Å². The van der Waals surface area contributed by atoms with Crippen LogP contribution in [0.3, 0.4) is 0 Å². The molecule has 3 nitrogen and oxygen atoms in total. The lowest BCUT2D eigenvalue weighted by Gasteiger charge is -2.28. The monoisotopic (exact) mass is 695 g/mol. The summed E-state index contributed by atoms with van der Waals surface area (Å²) in [7, 11) is 0. The Morgan fingerprint density at radius 3 is 1.98 bits per heavy atom. The van der Waals surface area contributed by atoms with E-state index in [1.165, 1.54) is 22.3 Å². The van der Waals surface area contributed by atoms with Crippen molar-refractivity contribution in [3.63, 3.8) is 0 Å². The minimum absolute atomic E-state index is 0.101. The fourth-order valence-corrected chi connectivity index (χ4v) is 8.08. The third-order valence-electron chi connectivity index (χ3n) is 10.9. The van der Waals surface area contributed by atoms with Crippen LogP contribution in [0.5, 0.6) is 0 Å². The van der Waals surface area contributed by atoms with Crippen molar-refractivity contribution in [2.24, 2.45) is 0 Å². The molecule has 6 aromatic carbocycles. The van der Waals surface area contributed by atoms with Crippen LogP contribution in [-0.2, 0) is 5.41 Å². The van der Waals surface area contributed by atoms with E-state index in [9.17, 15) is 0 Å². The van der Waals surface area contributed by atoms with E-state index in [1.54, 1.807) is 0 Å². The van der Waals surface area contributed by atoms with Crippen LogP contribution in [0.1, 0.15) is 30.5 Å². The summed E-state index contributed by atoms with van der Waals surface area (Å²) in [5.74, 6) is 0. The highest BCUT2D eigenvalue weighted by Crippen LogP contribution is 2.50. The zero-order chi connectivity index (χ0) is 36.6. The summed E-state index contributed by atoms with van der Waals surface area (Å²) in [6.45, 7) is 9.94. The van der Waals surface area contributed by atoms with E-state index in [0.29, 0.717) is 0 Å². The van der Waals surface area contributed by atoms with Crippen LogP contribution in [0.2, 0.25) is 0 Å². The van der Waals surface area contributed by atoms with E-state index < -0.39 is 0 Å². The number of hydrogen-bond acceptors (Lipinski definition) is 3. The maximum Gasteiger partial charge on any atom is 0.0493 e. The smallest absolute Gasteiger partial charge is 0.0493 e. The number of benzene rings is 6. The van der Waals surface area contributed by atoms with Gasteiger partial charge in [-0.1, -0.05) is 130 Å². The van der Waals surface area contributed by atoms with E-state index in [-0.39, 0.29) is 5.41 Å². The van der Waals surface area contributed by atoms with Crippen LogP contribution < -0.4 is 9.80 Å². The molecule has 0 unspecified atom stereocenters. The van der Waals surface area contributed by atoms with Crippen molar-refractivity contribution in [2.75, 3.05) is 16.3 Å². The summed E-state index contributed by atoms with van der Waals surface area (Å²) in [6, 6.07) is 55.0. The molecule has 1 aliphatic carbocycles. The first-order valence-electron chi connectivity index (χ1n) is 18.6. The van der Waals surface area contributed by atoms with Gasteiger partial charge in [0.15, 0.2) is 0 Å². The molecule has 0 spiro atoms. The highest BCUT2D eigenvalue weighted by Gasteiger charge is 2.35. The average molecular weight is 696 g/mol. The van der Waals surface area contributed by atoms with Gasteiger partial charge in [0.05, 0.1) is 0 Å². The van der Waals surface area contributed by atoms with Gasteiger partial charge in [0, 0.05) is 58.4 Å². The van der Waals surface area contributed by atoms with Crippen LogP contribution in [0.15, 0.2) is 195 Å². The molecular weight excluding hydrogens is 655 g/mol. The van der Waals surface area contributed by atoms with Gasteiger partial charge in [-0.05, 0) is 117 Å². The van der Waals surface area contributed by atoms with Crippen molar-refractivity contribution in [1.82, 2.24) is 4.98 Å². The zero-order valence-corrected chi connectivity index (χ0v) is 30.7. The van der Waals surface area contributed by atoms with Crippen molar-refractivity contribution in [3.8, 4) is 33.4 Å². The van der Waals surface area contributed by atoms with E-state index in [1.807, 2.05) is 18.5 Å². The van der Waals surface area contributed by atoms with Gasteiger partial charge in [0.2, 0.25) is 0 Å². The molecule has 0 radical (unpaired) electrons. The van der Waals surface area contributed by atoms with Gasteiger partial charge >= 0.3 is 0 Å². The summed E-state index contributed by atoms with van der Waals surface area (Å²) in [6.07, 6.45) is 12.2. The molecule has 54 heavy (non-hydrogen) atoms. The number of allylic oxidation sites excluding steroid dienone is 4. The maximum atomic E-state index is 4.48. The molecule has 2 aliphatic rings. The van der Waals surface area contributed by atoms with E-state index in [2.05, 4.69) is 205 Å². The molecule has 0 bridgehead atoms. The molecule has 1 aliphatic heterocycles. The number of fused-ring (bicyclic) bond motifs is 4. The van der Waals surface area contributed by atoms with Crippen LogP contribution >= 0.6 is 0 Å². The summed E-state index contributed by atoms with van der Waals surface area (Å²) in [4.78, 5) is 9.07. The van der Waals surface area contributed by atoms with Crippen molar-refractivity contribution >= 4 is 34.0 Å².